The van der Waals surface area contributed by atoms with Gasteiger partial charge in [0.2, 0.25) is 10.0 Å². The van der Waals surface area contributed by atoms with Gasteiger partial charge in [-0.25, -0.2) is 17.5 Å². The molecule has 0 aromatic heterocycles. The van der Waals surface area contributed by atoms with Gasteiger partial charge >= 0.3 is 6.18 Å². The van der Waals surface area contributed by atoms with Crippen LogP contribution in [0.3, 0.4) is 0 Å². The monoisotopic (exact) mass is 375 g/mol. The van der Waals surface area contributed by atoms with Gasteiger partial charge in [-0.2, -0.15) is 13.2 Å². The van der Waals surface area contributed by atoms with E-state index in [1.165, 1.54) is 12.1 Å². The first-order valence-corrected chi connectivity index (χ1v) is 8.94. The summed E-state index contributed by atoms with van der Waals surface area (Å²) in [5.74, 6) is -0.685. The molecule has 8 heteroatoms. The zero-order valence-corrected chi connectivity index (χ0v) is 14.4. The van der Waals surface area contributed by atoms with Gasteiger partial charge in [-0.15, -0.1) is 0 Å². The standard InChI is InChI=1S/C17H17F4NO2S/c1-11(2)12-3-6-15(7-4-12)25(23,24)22-10-13-9-14(17(19,20)21)5-8-16(13)18/h3-9,11,22H,10H2,1-2H3. The summed E-state index contributed by atoms with van der Waals surface area (Å²) in [5, 5.41) is 0. The Morgan fingerprint density at radius 3 is 2.16 bits per heavy atom. The fourth-order valence-corrected chi connectivity index (χ4v) is 3.18. The van der Waals surface area contributed by atoms with Crippen LogP contribution in [0, 0.1) is 5.82 Å². The van der Waals surface area contributed by atoms with Crippen LogP contribution in [0.1, 0.15) is 36.5 Å². The number of alkyl halides is 3. The van der Waals surface area contributed by atoms with Crippen LogP contribution in [-0.4, -0.2) is 8.42 Å². The molecule has 3 nitrogen and oxygen atoms in total. The van der Waals surface area contributed by atoms with Crippen LogP contribution in [-0.2, 0) is 22.7 Å². The van der Waals surface area contributed by atoms with E-state index in [2.05, 4.69) is 4.72 Å². The molecule has 0 aliphatic heterocycles. The van der Waals surface area contributed by atoms with Gasteiger partial charge in [0.25, 0.3) is 0 Å². The van der Waals surface area contributed by atoms with Crippen molar-refractivity contribution in [3.8, 4) is 0 Å². The summed E-state index contributed by atoms with van der Waals surface area (Å²) in [6, 6.07) is 8.00. The van der Waals surface area contributed by atoms with Crippen LogP contribution in [0.2, 0.25) is 0 Å². The predicted octanol–water partition coefficient (Wildman–Crippen LogP) is 4.45. The maximum atomic E-state index is 13.7. The Balaban J connectivity index is 2.19. The molecule has 25 heavy (non-hydrogen) atoms. The lowest BCUT2D eigenvalue weighted by molar-refractivity contribution is -0.137. The topological polar surface area (TPSA) is 46.2 Å². The van der Waals surface area contributed by atoms with Gasteiger partial charge < -0.3 is 0 Å². The second-order valence-corrected chi connectivity index (χ2v) is 7.62. The molecule has 0 fully saturated rings. The van der Waals surface area contributed by atoms with Crippen LogP contribution < -0.4 is 4.72 Å². The fraction of sp³-hybridized carbons (Fsp3) is 0.294. The second-order valence-electron chi connectivity index (χ2n) is 5.85. The average Bonchev–Trinajstić information content (AvgIpc) is 2.53. The first-order chi connectivity index (χ1) is 11.5. The maximum Gasteiger partial charge on any atom is 0.416 e. The molecule has 0 bridgehead atoms. The third-order valence-electron chi connectivity index (χ3n) is 3.68. The highest BCUT2D eigenvalue weighted by Gasteiger charge is 2.31. The molecule has 0 atom stereocenters. The minimum atomic E-state index is -4.63. The fourth-order valence-electron chi connectivity index (χ4n) is 2.17. The Kier molecular flexibility index (Phi) is 5.53. The third kappa shape index (κ3) is 4.79. The lowest BCUT2D eigenvalue weighted by Crippen LogP contribution is -2.24. The summed E-state index contributed by atoms with van der Waals surface area (Å²) < 4.78 is 78.3. The largest absolute Gasteiger partial charge is 0.416 e. The Labute approximate surface area is 143 Å². The number of halogens is 4. The highest BCUT2D eigenvalue weighted by molar-refractivity contribution is 7.89. The van der Waals surface area contributed by atoms with Crippen LogP contribution in [0.15, 0.2) is 47.4 Å². The summed E-state index contributed by atoms with van der Waals surface area (Å²) in [7, 11) is -3.96. The normalized spacial score (nSPS) is 12.6. The van der Waals surface area contributed by atoms with Crippen LogP contribution in [0.4, 0.5) is 17.6 Å². The van der Waals surface area contributed by atoms with E-state index in [1.54, 1.807) is 12.1 Å². The molecule has 0 unspecified atom stereocenters. The molecule has 0 spiro atoms. The number of benzene rings is 2. The summed E-state index contributed by atoms with van der Waals surface area (Å²) in [6.45, 7) is 3.33. The van der Waals surface area contributed by atoms with Crippen molar-refractivity contribution < 1.29 is 26.0 Å². The smallest absolute Gasteiger partial charge is 0.207 e. The molecule has 0 aliphatic rings. The summed E-state index contributed by atoms with van der Waals surface area (Å²) >= 11 is 0. The molecule has 2 aromatic rings. The van der Waals surface area contributed by atoms with Gasteiger partial charge in [-0.3, -0.25) is 0 Å². The molecule has 0 heterocycles. The van der Waals surface area contributed by atoms with Crippen LogP contribution in [0.25, 0.3) is 0 Å². The van der Waals surface area contributed by atoms with E-state index in [0.717, 1.165) is 5.56 Å². The van der Waals surface area contributed by atoms with Gasteiger partial charge in [0.15, 0.2) is 0 Å². The Morgan fingerprint density at radius 1 is 1.04 bits per heavy atom. The van der Waals surface area contributed by atoms with Crippen molar-refractivity contribution in [2.75, 3.05) is 0 Å². The molecule has 0 saturated carbocycles. The summed E-state index contributed by atoms with van der Waals surface area (Å²) in [6.07, 6.45) is -4.63. The molecule has 1 N–H and O–H groups in total. The molecule has 2 rings (SSSR count). The maximum absolute atomic E-state index is 13.7. The summed E-state index contributed by atoms with van der Waals surface area (Å²) in [4.78, 5) is -0.0377. The minimum Gasteiger partial charge on any atom is -0.207 e. The lowest BCUT2D eigenvalue weighted by atomic mass is 10.0. The van der Waals surface area contributed by atoms with E-state index in [0.29, 0.717) is 18.2 Å². The van der Waals surface area contributed by atoms with Crippen molar-refractivity contribution in [2.24, 2.45) is 0 Å². The number of sulfonamides is 1. The molecule has 0 saturated heterocycles. The van der Waals surface area contributed by atoms with Gasteiger partial charge in [0.1, 0.15) is 5.82 Å². The van der Waals surface area contributed by atoms with Crippen molar-refractivity contribution in [1.82, 2.24) is 4.72 Å². The van der Waals surface area contributed by atoms with E-state index < -0.39 is 34.1 Å². The van der Waals surface area contributed by atoms with Crippen molar-refractivity contribution in [3.63, 3.8) is 0 Å². The molecule has 136 valence electrons. The van der Waals surface area contributed by atoms with Crippen molar-refractivity contribution >= 4 is 10.0 Å². The predicted molar refractivity (Wildman–Crippen MR) is 86.0 cm³/mol. The SMILES string of the molecule is CC(C)c1ccc(S(=O)(=O)NCc2cc(C(F)(F)F)ccc2F)cc1. The first kappa shape index (κ1) is 19.4. The van der Waals surface area contributed by atoms with E-state index >= 15 is 0 Å². The molecular weight excluding hydrogens is 358 g/mol. The third-order valence-corrected chi connectivity index (χ3v) is 5.10. The number of rotatable bonds is 5. The highest BCUT2D eigenvalue weighted by atomic mass is 32.2. The number of hydrogen-bond acceptors (Lipinski definition) is 2. The Bertz CT molecular complexity index is 844. The highest BCUT2D eigenvalue weighted by Crippen LogP contribution is 2.30. The van der Waals surface area contributed by atoms with E-state index in [4.69, 9.17) is 0 Å². The van der Waals surface area contributed by atoms with Crippen molar-refractivity contribution in [2.45, 2.75) is 37.4 Å². The number of hydrogen-bond donors (Lipinski definition) is 1. The molecule has 0 amide bonds. The quantitative estimate of drug-likeness (QED) is 0.785. The van der Waals surface area contributed by atoms with Gasteiger partial charge in [-0.05, 0) is 41.8 Å². The second kappa shape index (κ2) is 7.13. The Morgan fingerprint density at radius 2 is 1.64 bits per heavy atom. The zero-order chi connectivity index (χ0) is 18.8. The minimum absolute atomic E-state index is 0.0377. The van der Waals surface area contributed by atoms with Gasteiger partial charge in [0, 0.05) is 12.1 Å². The van der Waals surface area contributed by atoms with E-state index in [1.807, 2.05) is 13.8 Å². The molecule has 2 aromatic carbocycles. The van der Waals surface area contributed by atoms with Gasteiger partial charge in [0.05, 0.1) is 10.5 Å². The molecule has 0 radical (unpaired) electrons. The van der Waals surface area contributed by atoms with E-state index in [9.17, 15) is 26.0 Å². The van der Waals surface area contributed by atoms with Gasteiger partial charge in [-0.1, -0.05) is 26.0 Å². The molecular formula is C17H17F4NO2S. The molecule has 0 aliphatic carbocycles. The van der Waals surface area contributed by atoms with E-state index in [-0.39, 0.29) is 16.4 Å². The lowest BCUT2D eigenvalue weighted by Gasteiger charge is -2.12. The first-order valence-electron chi connectivity index (χ1n) is 7.46. The number of nitrogens with one attached hydrogen (secondary N) is 1. The Hall–Kier alpha value is -1.93. The summed E-state index contributed by atoms with van der Waals surface area (Å²) in [5.41, 5.74) is -0.468. The zero-order valence-electron chi connectivity index (χ0n) is 13.6. The van der Waals surface area contributed by atoms with Crippen molar-refractivity contribution in [1.29, 1.82) is 0 Å². The van der Waals surface area contributed by atoms with Crippen LogP contribution in [0.5, 0.6) is 0 Å². The average molecular weight is 375 g/mol. The van der Waals surface area contributed by atoms with Crippen molar-refractivity contribution in [3.05, 3.63) is 65.0 Å². The van der Waals surface area contributed by atoms with Crippen LogP contribution >= 0.6 is 0 Å².